The summed E-state index contributed by atoms with van der Waals surface area (Å²) in [7, 11) is 1.31. The Morgan fingerprint density at radius 1 is 1.40 bits per heavy atom. The van der Waals surface area contributed by atoms with Crippen LogP contribution in [0.1, 0.15) is 33.6 Å². The number of rotatable bonds is 5. The highest BCUT2D eigenvalue weighted by atomic mass is 16.7. The van der Waals surface area contributed by atoms with Crippen LogP contribution in [-0.4, -0.2) is 43.5 Å². The summed E-state index contributed by atoms with van der Waals surface area (Å²) in [4.78, 5) is 16.0. The molecule has 3 atom stereocenters. The molecule has 20 heavy (non-hydrogen) atoms. The highest BCUT2D eigenvalue weighted by molar-refractivity contribution is 5.87. The van der Waals surface area contributed by atoms with Crippen LogP contribution in [0.5, 0.6) is 0 Å². The van der Waals surface area contributed by atoms with Crippen molar-refractivity contribution in [3.63, 3.8) is 0 Å². The van der Waals surface area contributed by atoms with Gasteiger partial charge >= 0.3 is 5.97 Å². The summed E-state index contributed by atoms with van der Waals surface area (Å²) < 4.78 is 21.8. The third kappa shape index (κ3) is 2.95. The third-order valence-corrected chi connectivity index (χ3v) is 3.43. The first-order valence-corrected chi connectivity index (χ1v) is 6.92. The molecule has 6 heteroatoms. The Labute approximate surface area is 118 Å². The molecular weight excluding hydrogens is 262 g/mol. The minimum absolute atomic E-state index is 0.0575. The summed E-state index contributed by atoms with van der Waals surface area (Å²) >= 11 is 0. The number of ether oxygens (including phenoxy) is 4. The predicted molar refractivity (Wildman–Crippen MR) is 72.2 cm³/mol. The molecule has 2 heterocycles. The number of aliphatic imine (C=N–C) groups is 1. The van der Waals surface area contributed by atoms with Crippen LogP contribution < -0.4 is 0 Å². The highest BCUT2D eigenvalue weighted by Gasteiger charge is 2.43. The lowest BCUT2D eigenvalue weighted by molar-refractivity contribution is -0.205. The molecule has 2 rings (SSSR count). The van der Waals surface area contributed by atoms with E-state index in [1.807, 2.05) is 13.8 Å². The molecule has 0 aromatic rings. The molecule has 0 N–H and O–H groups in total. The molecule has 2 aliphatic rings. The first kappa shape index (κ1) is 14.8. The minimum Gasteiger partial charge on any atom is -0.469 e. The topological polar surface area (TPSA) is 66.4 Å². The van der Waals surface area contributed by atoms with Crippen LogP contribution in [0.25, 0.3) is 0 Å². The molecule has 0 bridgehead atoms. The van der Waals surface area contributed by atoms with Crippen LogP contribution in [0.15, 0.2) is 16.8 Å². The Morgan fingerprint density at radius 2 is 2.10 bits per heavy atom. The van der Waals surface area contributed by atoms with Crippen molar-refractivity contribution in [2.45, 2.75) is 58.2 Å². The van der Waals surface area contributed by atoms with E-state index in [0.717, 1.165) is 12.8 Å². The molecule has 0 aromatic carbocycles. The van der Waals surface area contributed by atoms with Crippen LogP contribution >= 0.6 is 0 Å². The number of hydrogen-bond acceptors (Lipinski definition) is 6. The van der Waals surface area contributed by atoms with E-state index in [2.05, 4.69) is 4.99 Å². The summed E-state index contributed by atoms with van der Waals surface area (Å²) in [6.45, 7) is 5.86. The Morgan fingerprint density at radius 3 is 2.70 bits per heavy atom. The van der Waals surface area contributed by atoms with Crippen molar-refractivity contribution in [2.24, 2.45) is 4.99 Å². The number of esters is 1. The average molecular weight is 283 g/mol. The van der Waals surface area contributed by atoms with Crippen molar-refractivity contribution >= 4 is 11.9 Å². The number of methoxy groups -OCH3 is 1. The fourth-order valence-electron chi connectivity index (χ4n) is 2.31. The summed E-state index contributed by atoms with van der Waals surface area (Å²) in [6, 6.07) is -0.266. The molecule has 0 aromatic heterocycles. The first-order valence-electron chi connectivity index (χ1n) is 6.92. The van der Waals surface area contributed by atoms with E-state index >= 15 is 0 Å². The van der Waals surface area contributed by atoms with Gasteiger partial charge in [-0.25, -0.2) is 9.79 Å². The smallest absolute Gasteiger partial charge is 0.373 e. The second-order valence-electron chi connectivity index (χ2n) is 4.80. The van der Waals surface area contributed by atoms with E-state index in [4.69, 9.17) is 18.9 Å². The van der Waals surface area contributed by atoms with Crippen molar-refractivity contribution in [3.8, 4) is 0 Å². The molecule has 0 amide bonds. The van der Waals surface area contributed by atoms with Gasteiger partial charge in [0.2, 0.25) is 12.0 Å². The zero-order valence-corrected chi connectivity index (χ0v) is 12.3. The Bertz CT molecular complexity index is 427. The molecule has 0 unspecified atom stereocenters. The van der Waals surface area contributed by atoms with E-state index in [1.165, 1.54) is 7.11 Å². The van der Waals surface area contributed by atoms with Gasteiger partial charge in [-0.1, -0.05) is 13.8 Å². The molecule has 0 aliphatic carbocycles. The highest BCUT2D eigenvalue weighted by Crippen LogP contribution is 2.30. The summed E-state index contributed by atoms with van der Waals surface area (Å²) in [5, 5.41) is 0. The molecule has 0 spiro atoms. The van der Waals surface area contributed by atoms with Gasteiger partial charge in [0.1, 0.15) is 6.04 Å². The SMILES string of the molecule is CCC(CC)O[C@@H]1OC(C(=O)OC)=C[C@H]2N=C(C)O[C@@H]12. The lowest BCUT2D eigenvalue weighted by atomic mass is 10.1. The monoisotopic (exact) mass is 283 g/mol. The maximum Gasteiger partial charge on any atom is 0.373 e. The lowest BCUT2D eigenvalue weighted by Crippen LogP contribution is -2.44. The van der Waals surface area contributed by atoms with Gasteiger partial charge in [-0.3, -0.25) is 0 Å². The fourth-order valence-corrected chi connectivity index (χ4v) is 2.31. The van der Waals surface area contributed by atoms with E-state index in [9.17, 15) is 4.79 Å². The first-order chi connectivity index (χ1) is 9.58. The molecular formula is C14H21NO5. The summed E-state index contributed by atoms with van der Waals surface area (Å²) in [5.74, 6) is 0.178. The van der Waals surface area contributed by atoms with Crippen molar-refractivity contribution in [1.29, 1.82) is 0 Å². The molecule has 0 saturated carbocycles. The zero-order valence-electron chi connectivity index (χ0n) is 12.3. The van der Waals surface area contributed by atoms with Gasteiger partial charge in [-0.2, -0.15) is 0 Å². The minimum atomic E-state index is -0.648. The van der Waals surface area contributed by atoms with Crippen molar-refractivity contribution in [1.82, 2.24) is 0 Å². The van der Waals surface area contributed by atoms with Crippen LogP contribution in [0.3, 0.4) is 0 Å². The zero-order chi connectivity index (χ0) is 14.7. The standard InChI is InChI=1S/C14H21NO5/c1-5-9(6-2)19-14-12-10(15-8(3)18-12)7-11(20-14)13(16)17-4/h7,9-10,12,14H,5-6H2,1-4H3/t10-,12-,14-/m1/s1. The van der Waals surface area contributed by atoms with Crippen molar-refractivity contribution in [2.75, 3.05) is 7.11 Å². The quantitative estimate of drug-likeness (QED) is 0.720. The van der Waals surface area contributed by atoms with E-state index in [1.54, 1.807) is 13.0 Å². The van der Waals surface area contributed by atoms with Crippen LogP contribution in [0.2, 0.25) is 0 Å². The average Bonchev–Trinajstić information content (AvgIpc) is 2.83. The maximum atomic E-state index is 11.6. The number of carbonyl (C=O) groups is 1. The van der Waals surface area contributed by atoms with Gasteiger partial charge in [-0.15, -0.1) is 0 Å². The molecule has 0 saturated heterocycles. The van der Waals surface area contributed by atoms with Gasteiger partial charge in [-0.05, 0) is 18.9 Å². The van der Waals surface area contributed by atoms with Gasteiger partial charge in [0.05, 0.1) is 13.2 Å². The van der Waals surface area contributed by atoms with Gasteiger partial charge in [0.15, 0.2) is 12.0 Å². The lowest BCUT2D eigenvalue weighted by Gasteiger charge is -2.32. The summed E-state index contributed by atoms with van der Waals surface area (Å²) in [6.07, 6.45) is 2.42. The van der Waals surface area contributed by atoms with Crippen LogP contribution in [0.4, 0.5) is 0 Å². The Hall–Kier alpha value is -1.56. The Kier molecular flexibility index (Phi) is 4.65. The van der Waals surface area contributed by atoms with Gasteiger partial charge < -0.3 is 18.9 Å². The number of nitrogens with zero attached hydrogens (tertiary/aromatic N) is 1. The molecule has 0 fully saturated rings. The van der Waals surface area contributed by atoms with E-state index < -0.39 is 12.3 Å². The number of carbonyl (C=O) groups excluding carboxylic acids is 1. The molecule has 0 radical (unpaired) electrons. The largest absolute Gasteiger partial charge is 0.469 e. The summed E-state index contributed by atoms with van der Waals surface area (Å²) in [5.41, 5.74) is 0. The molecule has 112 valence electrons. The number of hydrogen-bond donors (Lipinski definition) is 0. The Balaban J connectivity index is 2.17. The third-order valence-electron chi connectivity index (χ3n) is 3.43. The van der Waals surface area contributed by atoms with Gasteiger partial charge in [0.25, 0.3) is 0 Å². The van der Waals surface area contributed by atoms with Crippen molar-refractivity contribution in [3.05, 3.63) is 11.8 Å². The van der Waals surface area contributed by atoms with E-state index in [-0.39, 0.29) is 24.0 Å². The molecule has 6 nitrogen and oxygen atoms in total. The second kappa shape index (κ2) is 6.26. The van der Waals surface area contributed by atoms with Gasteiger partial charge in [0, 0.05) is 6.92 Å². The van der Waals surface area contributed by atoms with Crippen LogP contribution in [-0.2, 0) is 23.7 Å². The predicted octanol–water partition coefficient (Wildman–Crippen LogP) is 1.79. The van der Waals surface area contributed by atoms with E-state index in [0.29, 0.717) is 5.90 Å². The van der Waals surface area contributed by atoms with Crippen LogP contribution in [0, 0.1) is 0 Å². The second-order valence-corrected chi connectivity index (χ2v) is 4.80. The molecule has 2 aliphatic heterocycles. The fraction of sp³-hybridized carbons (Fsp3) is 0.714. The number of fused-ring (bicyclic) bond motifs is 1. The van der Waals surface area contributed by atoms with Crippen molar-refractivity contribution < 1.29 is 23.7 Å². The maximum absolute atomic E-state index is 11.6. The normalized spacial score (nSPS) is 28.1.